The second kappa shape index (κ2) is 18.7. The highest BCUT2D eigenvalue weighted by atomic mass is 32.2. The maximum Gasteiger partial charge on any atom is 0.136 e. The Morgan fingerprint density at radius 1 is 0.526 bits per heavy atom. The van der Waals surface area contributed by atoms with Crippen LogP contribution < -0.4 is 9.47 Å². The summed E-state index contributed by atoms with van der Waals surface area (Å²) in [5, 5.41) is 4.65. The van der Waals surface area contributed by atoms with E-state index >= 15 is 0 Å². The van der Waals surface area contributed by atoms with Gasteiger partial charge in [0.15, 0.2) is 0 Å². The topological polar surface area (TPSA) is 18.5 Å². The summed E-state index contributed by atoms with van der Waals surface area (Å²) < 4.78 is 13.0. The summed E-state index contributed by atoms with van der Waals surface area (Å²) >= 11 is 3.83. The molecule has 0 saturated carbocycles. The molecule has 0 heterocycles. The van der Waals surface area contributed by atoms with Crippen molar-refractivity contribution in [2.24, 2.45) is 0 Å². The highest BCUT2D eigenvalue weighted by Gasteiger charge is 2.16. The van der Waals surface area contributed by atoms with Crippen LogP contribution in [0.1, 0.15) is 103 Å². The normalized spacial score (nSPS) is 11.4. The first-order chi connectivity index (χ1) is 18.8. The maximum atomic E-state index is 6.53. The Hall–Kier alpha value is -1.52. The van der Waals surface area contributed by atoms with Crippen LogP contribution in [-0.2, 0) is 6.42 Å². The molecule has 38 heavy (non-hydrogen) atoms. The lowest BCUT2D eigenvalue weighted by molar-refractivity contribution is 0.395. The summed E-state index contributed by atoms with van der Waals surface area (Å²) in [5.41, 5.74) is 1.33. The summed E-state index contributed by atoms with van der Waals surface area (Å²) in [6.07, 6.45) is 17.1. The molecule has 0 aliphatic rings. The molecule has 0 unspecified atom stereocenters. The van der Waals surface area contributed by atoms with E-state index in [0.717, 1.165) is 34.1 Å². The van der Waals surface area contributed by atoms with Gasteiger partial charge in [-0.15, -0.1) is 23.5 Å². The van der Waals surface area contributed by atoms with Crippen molar-refractivity contribution in [3.8, 4) is 11.5 Å². The molecule has 0 bridgehead atoms. The third-order valence-electron chi connectivity index (χ3n) is 7.26. The van der Waals surface area contributed by atoms with Crippen LogP contribution >= 0.6 is 23.5 Å². The van der Waals surface area contributed by atoms with E-state index in [-0.39, 0.29) is 0 Å². The second-order valence-electron chi connectivity index (χ2n) is 10.3. The van der Waals surface area contributed by atoms with E-state index in [1.165, 1.54) is 99.5 Å². The fourth-order valence-corrected chi connectivity index (χ4v) is 6.42. The van der Waals surface area contributed by atoms with Crippen molar-refractivity contribution in [2.75, 3.05) is 23.4 Å². The molecule has 0 aromatic heterocycles. The Kier molecular flexibility index (Phi) is 15.3. The molecule has 0 fully saturated rings. The lowest BCUT2D eigenvalue weighted by Crippen LogP contribution is -2.00. The van der Waals surface area contributed by atoms with Crippen molar-refractivity contribution < 1.29 is 9.47 Å². The van der Waals surface area contributed by atoms with Gasteiger partial charge in [0.2, 0.25) is 0 Å². The highest BCUT2D eigenvalue weighted by Crippen LogP contribution is 2.43. The lowest BCUT2D eigenvalue weighted by atomic mass is 9.98. The number of unbranched alkanes of at least 4 members (excludes halogenated alkanes) is 10. The van der Waals surface area contributed by atoms with Crippen LogP contribution in [0, 0.1) is 0 Å². The molecule has 0 saturated heterocycles. The number of fused-ring (bicyclic) bond motifs is 2. The Bertz CT molecular complexity index is 1070. The van der Waals surface area contributed by atoms with E-state index in [1.54, 1.807) is 0 Å². The lowest BCUT2D eigenvalue weighted by Gasteiger charge is -2.18. The van der Waals surface area contributed by atoms with Crippen LogP contribution in [0.3, 0.4) is 0 Å². The Morgan fingerprint density at radius 3 is 1.53 bits per heavy atom. The van der Waals surface area contributed by atoms with Gasteiger partial charge in [-0.1, -0.05) is 121 Å². The van der Waals surface area contributed by atoms with Gasteiger partial charge in [0.1, 0.15) is 23.4 Å². The van der Waals surface area contributed by atoms with Crippen LogP contribution in [0.15, 0.2) is 42.5 Å². The Balaban J connectivity index is 1.66. The van der Waals surface area contributed by atoms with Crippen molar-refractivity contribution in [1.82, 2.24) is 0 Å². The molecule has 0 N–H and O–H groups in total. The predicted octanol–water partition coefficient (Wildman–Crippen LogP) is 11.4. The molecule has 3 aromatic rings. The molecule has 0 atom stereocenters. The standard InChI is InChI=1S/C34H50O2S2/c1-4-7-9-11-13-17-23-37-26-35-33-29-19-15-16-20-30(29)34(32-25-28(6-3)21-22-31(32)33)36-27-38-24-18-14-12-10-8-5-2/h15-16,19-22,25H,4-14,17-18,23-24,26-27H2,1-3H3. The summed E-state index contributed by atoms with van der Waals surface area (Å²) in [6.45, 7) is 6.77. The van der Waals surface area contributed by atoms with Crippen molar-refractivity contribution in [3.05, 3.63) is 48.0 Å². The fraction of sp³-hybridized carbons (Fsp3) is 0.588. The monoisotopic (exact) mass is 554 g/mol. The number of benzene rings is 3. The van der Waals surface area contributed by atoms with Crippen LogP contribution in [0.5, 0.6) is 11.5 Å². The third kappa shape index (κ3) is 9.90. The van der Waals surface area contributed by atoms with Gasteiger partial charge < -0.3 is 9.47 Å². The van der Waals surface area contributed by atoms with E-state index in [2.05, 4.69) is 63.2 Å². The summed E-state index contributed by atoms with van der Waals surface area (Å²) in [4.78, 5) is 0. The minimum absolute atomic E-state index is 0.692. The molecule has 0 radical (unpaired) electrons. The molecule has 3 rings (SSSR count). The predicted molar refractivity (Wildman–Crippen MR) is 173 cm³/mol. The smallest absolute Gasteiger partial charge is 0.136 e. The van der Waals surface area contributed by atoms with E-state index in [9.17, 15) is 0 Å². The zero-order valence-corrected chi connectivity index (χ0v) is 25.8. The first-order valence-corrected chi connectivity index (χ1v) is 17.5. The largest absolute Gasteiger partial charge is 0.482 e. The van der Waals surface area contributed by atoms with Gasteiger partial charge in [-0.2, -0.15) is 0 Å². The fourth-order valence-electron chi connectivity index (χ4n) is 4.97. The van der Waals surface area contributed by atoms with Gasteiger partial charge in [-0.3, -0.25) is 0 Å². The van der Waals surface area contributed by atoms with Gasteiger partial charge >= 0.3 is 0 Å². The van der Waals surface area contributed by atoms with Gasteiger partial charge in [0.05, 0.1) is 0 Å². The molecular formula is C34H50O2S2. The molecule has 0 spiro atoms. The van der Waals surface area contributed by atoms with Crippen LogP contribution in [-0.4, -0.2) is 23.4 Å². The first-order valence-electron chi connectivity index (χ1n) is 15.2. The van der Waals surface area contributed by atoms with Gasteiger partial charge in [0, 0.05) is 21.5 Å². The zero-order chi connectivity index (χ0) is 26.8. The highest BCUT2D eigenvalue weighted by molar-refractivity contribution is 7.99. The summed E-state index contributed by atoms with van der Waals surface area (Å²) in [5.74, 6) is 5.73. The van der Waals surface area contributed by atoms with Gasteiger partial charge in [0.25, 0.3) is 0 Å². The van der Waals surface area contributed by atoms with E-state index in [0.29, 0.717) is 11.9 Å². The SMILES string of the molecule is CCCCCCCCSCOc1c2ccccc2c(OCSCCCCCCCC)c2cc(CC)ccc12. The quantitative estimate of drug-likeness (QED) is 0.0740. The van der Waals surface area contributed by atoms with Crippen LogP contribution in [0.4, 0.5) is 0 Å². The Morgan fingerprint density at radius 2 is 1.00 bits per heavy atom. The van der Waals surface area contributed by atoms with Crippen molar-refractivity contribution in [3.63, 3.8) is 0 Å². The van der Waals surface area contributed by atoms with Crippen LogP contribution in [0.25, 0.3) is 21.5 Å². The number of rotatable bonds is 21. The first kappa shape index (κ1) is 31.0. The molecule has 0 aliphatic heterocycles. The van der Waals surface area contributed by atoms with Gasteiger partial charge in [-0.25, -0.2) is 0 Å². The number of hydrogen-bond donors (Lipinski definition) is 0. The zero-order valence-electron chi connectivity index (χ0n) is 24.2. The average molecular weight is 555 g/mol. The van der Waals surface area contributed by atoms with Crippen molar-refractivity contribution in [2.45, 2.75) is 104 Å². The molecule has 210 valence electrons. The van der Waals surface area contributed by atoms with Crippen LogP contribution in [0.2, 0.25) is 0 Å². The summed E-state index contributed by atoms with van der Waals surface area (Å²) in [7, 11) is 0. The Labute approximate surface area is 241 Å². The number of hydrogen-bond acceptors (Lipinski definition) is 4. The third-order valence-corrected chi connectivity index (χ3v) is 8.98. The average Bonchev–Trinajstić information content (AvgIpc) is 2.95. The minimum atomic E-state index is 0.692. The molecule has 0 amide bonds. The second-order valence-corrected chi connectivity index (χ2v) is 12.4. The molecule has 2 nitrogen and oxygen atoms in total. The van der Waals surface area contributed by atoms with Crippen molar-refractivity contribution >= 4 is 45.1 Å². The van der Waals surface area contributed by atoms with Crippen molar-refractivity contribution in [1.29, 1.82) is 0 Å². The number of aryl methyl sites for hydroxylation is 1. The summed E-state index contributed by atoms with van der Waals surface area (Å²) in [6, 6.07) is 15.4. The van der Waals surface area contributed by atoms with E-state index in [4.69, 9.17) is 9.47 Å². The number of ether oxygens (including phenoxy) is 2. The van der Waals surface area contributed by atoms with E-state index in [1.807, 2.05) is 23.5 Å². The van der Waals surface area contributed by atoms with E-state index < -0.39 is 0 Å². The maximum absolute atomic E-state index is 6.53. The minimum Gasteiger partial charge on any atom is -0.482 e. The van der Waals surface area contributed by atoms with Gasteiger partial charge in [-0.05, 0) is 42.4 Å². The molecular weight excluding hydrogens is 505 g/mol. The molecule has 3 aromatic carbocycles. The number of thioether (sulfide) groups is 2. The molecule has 4 heteroatoms. The molecule has 0 aliphatic carbocycles.